The van der Waals surface area contributed by atoms with Crippen LogP contribution < -0.4 is 9.47 Å². The third kappa shape index (κ3) is 1.97. The van der Waals surface area contributed by atoms with Crippen LogP contribution in [0.25, 0.3) is 20.1 Å². The molecule has 4 rings (SSSR count). The molecule has 0 fully saturated rings. The number of thiazole rings is 1. The molecule has 106 valence electrons. The van der Waals surface area contributed by atoms with Gasteiger partial charge in [-0.2, -0.15) is 0 Å². The maximum atomic E-state index is 11.3. The molecule has 0 atom stereocenters. The number of hydrogen-bond acceptors (Lipinski definition) is 6. The Labute approximate surface area is 127 Å². The van der Waals surface area contributed by atoms with Crippen LogP contribution in [0.15, 0.2) is 24.3 Å². The van der Waals surface area contributed by atoms with Gasteiger partial charge in [0.2, 0.25) is 0 Å². The molecule has 1 aromatic carbocycles. The Morgan fingerprint density at radius 1 is 1.14 bits per heavy atom. The number of carboxylic acid groups (broad SMARTS) is 1. The average Bonchev–Trinajstić information content (AvgIpc) is 3.08. The number of thiophene rings is 1. The number of benzene rings is 1. The van der Waals surface area contributed by atoms with E-state index in [-0.39, 0.29) is 4.88 Å². The van der Waals surface area contributed by atoms with Gasteiger partial charge in [-0.25, -0.2) is 9.78 Å². The lowest BCUT2D eigenvalue weighted by Gasteiger charge is -2.16. The minimum Gasteiger partial charge on any atom is -0.484 e. The van der Waals surface area contributed by atoms with Gasteiger partial charge < -0.3 is 14.6 Å². The Kier molecular flexibility index (Phi) is 2.83. The highest BCUT2D eigenvalue weighted by Gasteiger charge is 2.30. The van der Waals surface area contributed by atoms with E-state index in [0.29, 0.717) is 24.7 Å². The first-order chi connectivity index (χ1) is 10.2. The number of aromatic carboxylic acids is 1. The van der Waals surface area contributed by atoms with Crippen LogP contribution in [0.2, 0.25) is 0 Å². The number of fused-ring (bicyclic) bond motifs is 2. The zero-order valence-corrected chi connectivity index (χ0v) is 12.3. The summed E-state index contributed by atoms with van der Waals surface area (Å²) in [4.78, 5) is 16.8. The summed E-state index contributed by atoms with van der Waals surface area (Å²) < 4.78 is 12.2. The Balaban J connectivity index is 1.93. The zero-order chi connectivity index (χ0) is 14.4. The first-order valence-corrected chi connectivity index (χ1v) is 7.89. The fourth-order valence-electron chi connectivity index (χ4n) is 2.20. The van der Waals surface area contributed by atoms with Gasteiger partial charge in [0.15, 0.2) is 16.4 Å². The van der Waals surface area contributed by atoms with Gasteiger partial charge in [-0.3, -0.25) is 0 Å². The summed E-state index contributed by atoms with van der Waals surface area (Å²) in [5, 5.41) is 10.1. The van der Waals surface area contributed by atoms with Crippen LogP contribution in [0.1, 0.15) is 9.67 Å². The third-order valence-corrected chi connectivity index (χ3v) is 5.41. The van der Waals surface area contributed by atoms with Crippen LogP contribution in [0.3, 0.4) is 0 Å². The highest BCUT2D eigenvalue weighted by molar-refractivity contribution is 7.26. The maximum Gasteiger partial charge on any atom is 0.349 e. The lowest BCUT2D eigenvalue weighted by Crippen LogP contribution is -2.15. The number of hydrogen-bond donors (Lipinski definition) is 1. The van der Waals surface area contributed by atoms with Crippen molar-refractivity contribution in [2.75, 3.05) is 13.2 Å². The number of aromatic nitrogens is 1. The van der Waals surface area contributed by atoms with Crippen molar-refractivity contribution < 1.29 is 19.4 Å². The van der Waals surface area contributed by atoms with E-state index in [1.807, 2.05) is 24.3 Å². The molecule has 0 amide bonds. The summed E-state index contributed by atoms with van der Waals surface area (Å²) in [5.41, 5.74) is 0.897. The molecular formula is C14H9NO4S2. The second kappa shape index (κ2) is 4.71. The predicted octanol–water partition coefficient (Wildman–Crippen LogP) is 3.49. The summed E-state index contributed by atoms with van der Waals surface area (Å²) >= 11 is 2.67. The molecule has 5 nitrogen and oxygen atoms in total. The van der Waals surface area contributed by atoms with E-state index >= 15 is 0 Å². The highest BCUT2D eigenvalue weighted by Crippen LogP contribution is 2.50. The molecular weight excluding hydrogens is 310 g/mol. The van der Waals surface area contributed by atoms with Crippen molar-refractivity contribution in [2.45, 2.75) is 0 Å². The summed E-state index contributed by atoms with van der Waals surface area (Å²) in [6, 6.07) is 7.81. The topological polar surface area (TPSA) is 68.7 Å². The first-order valence-electron chi connectivity index (χ1n) is 6.25. The van der Waals surface area contributed by atoms with E-state index in [1.165, 1.54) is 11.3 Å². The van der Waals surface area contributed by atoms with Gasteiger partial charge in [-0.1, -0.05) is 12.1 Å². The molecule has 21 heavy (non-hydrogen) atoms. The predicted molar refractivity (Wildman–Crippen MR) is 80.9 cm³/mol. The Hall–Kier alpha value is -2.12. The minimum atomic E-state index is -1.01. The smallest absolute Gasteiger partial charge is 0.349 e. The standard InChI is InChI=1S/C14H9NO4S2/c16-14(17)12-10-9(18-5-6-19-10)11(21-12)13-15-7-3-1-2-4-8(7)20-13/h1-4H,5-6H2,(H,16,17). The summed E-state index contributed by atoms with van der Waals surface area (Å²) in [5.74, 6) is -0.176. The van der Waals surface area contributed by atoms with E-state index in [4.69, 9.17) is 9.47 Å². The van der Waals surface area contributed by atoms with Gasteiger partial charge >= 0.3 is 5.97 Å². The van der Waals surface area contributed by atoms with Crippen LogP contribution in [0, 0.1) is 0 Å². The van der Waals surface area contributed by atoms with Gasteiger partial charge in [0.1, 0.15) is 23.1 Å². The van der Waals surface area contributed by atoms with E-state index in [0.717, 1.165) is 31.4 Å². The molecule has 0 radical (unpaired) electrons. The van der Waals surface area contributed by atoms with Crippen molar-refractivity contribution >= 4 is 38.9 Å². The second-order valence-electron chi connectivity index (χ2n) is 4.41. The van der Waals surface area contributed by atoms with Crippen molar-refractivity contribution in [3.8, 4) is 21.4 Å². The van der Waals surface area contributed by atoms with Crippen LogP contribution in [-0.2, 0) is 0 Å². The fraction of sp³-hybridized carbons (Fsp3) is 0.143. The molecule has 1 aliphatic rings. The molecule has 0 saturated heterocycles. The molecule has 0 spiro atoms. The second-order valence-corrected chi connectivity index (χ2v) is 6.46. The molecule has 7 heteroatoms. The number of carboxylic acids is 1. The van der Waals surface area contributed by atoms with Crippen molar-refractivity contribution in [3.05, 3.63) is 29.1 Å². The Bertz CT molecular complexity index is 819. The number of rotatable bonds is 2. The van der Waals surface area contributed by atoms with Gasteiger partial charge in [-0.05, 0) is 12.1 Å². The molecule has 0 unspecified atom stereocenters. The molecule has 1 N–H and O–H groups in total. The highest BCUT2D eigenvalue weighted by atomic mass is 32.1. The normalized spacial score (nSPS) is 13.5. The van der Waals surface area contributed by atoms with E-state index < -0.39 is 5.97 Å². The molecule has 3 aromatic rings. The molecule has 0 saturated carbocycles. The number of para-hydroxylation sites is 1. The van der Waals surface area contributed by atoms with Crippen molar-refractivity contribution in [2.24, 2.45) is 0 Å². The SMILES string of the molecule is O=C(O)c1sc(-c2nc3ccccc3s2)c2c1OCCO2. The first kappa shape index (κ1) is 12.6. The van der Waals surface area contributed by atoms with Crippen molar-refractivity contribution in [1.82, 2.24) is 4.98 Å². The monoisotopic (exact) mass is 319 g/mol. The maximum absolute atomic E-state index is 11.3. The molecule has 2 aromatic heterocycles. The summed E-state index contributed by atoms with van der Waals surface area (Å²) in [6.07, 6.45) is 0. The van der Waals surface area contributed by atoms with Crippen LogP contribution in [-0.4, -0.2) is 29.3 Å². The van der Waals surface area contributed by atoms with Crippen molar-refractivity contribution in [1.29, 1.82) is 0 Å². The lowest BCUT2D eigenvalue weighted by molar-refractivity contribution is 0.0693. The average molecular weight is 319 g/mol. The quantitative estimate of drug-likeness (QED) is 0.783. The molecule has 0 bridgehead atoms. The molecule has 1 aliphatic heterocycles. The van der Waals surface area contributed by atoms with Crippen LogP contribution in [0.5, 0.6) is 11.5 Å². The lowest BCUT2D eigenvalue weighted by atomic mass is 10.3. The minimum absolute atomic E-state index is 0.166. The van der Waals surface area contributed by atoms with Gasteiger partial charge in [0.25, 0.3) is 0 Å². The Morgan fingerprint density at radius 2 is 1.90 bits per heavy atom. The number of ether oxygens (including phenoxy) is 2. The molecule has 3 heterocycles. The zero-order valence-electron chi connectivity index (χ0n) is 10.7. The van der Waals surface area contributed by atoms with Crippen LogP contribution in [0.4, 0.5) is 0 Å². The van der Waals surface area contributed by atoms with Gasteiger partial charge in [0, 0.05) is 0 Å². The molecule has 0 aliphatic carbocycles. The van der Waals surface area contributed by atoms with Crippen LogP contribution >= 0.6 is 22.7 Å². The number of nitrogens with zero attached hydrogens (tertiary/aromatic N) is 1. The van der Waals surface area contributed by atoms with E-state index in [2.05, 4.69) is 4.98 Å². The number of carbonyl (C=O) groups is 1. The third-order valence-electron chi connectivity index (χ3n) is 3.08. The largest absolute Gasteiger partial charge is 0.484 e. The summed E-state index contributed by atoms with van der Waals surface area (Å²) in [6.45, 7) is 0.782. The van der Waals surface area contributed by atoms with E-state index in [1.54, 1.807) is 0 Å². The summed E-state index contributed by atoms with van der Waals surface area (Å²) in [7, 11) is 0. The fourth-order valence-corrected chi connectivity index (χ4v) is 4.27. The van der Waals surface area contributed by atoms with Gasteiger partial charge in [-0.15, -0.1) is 22.7 Å². The van der Waals surface area contributed by atoms with E-state index in [9.17, 15) is 9.90 Å². The van der Waals surface area contributed by atoms with Crippen molar-refractivity contribution in [3.63, 3.8) is 0 Å². The Morgan fingerprint density at radius 3 is 2.67 bits per heavy atom. The van der Waals surface area contributed by atoms with Gasteiger partial charge in [0.05, 0.1) is 10.2 Å².